The number of aliphatic imine (C=N–C) groups is 1. The molecule has 0 radical (unpaired) electrons. The second kappa shape index (κ2) is 6.27. The van der Waals surface area contributed by atoms with Crippen molar-refractivity contribution in [3.05, 3.63) is 0 Å². The monoisotopic (exact) mass is 213 g/mol. The van der Waals surface area contributed by atoms with Gasteiger partial charge in [0.15, 0.2) is 5.96 Å². The molecule has 15 heavy (non-hydrogen) atoms. The van der Waals surface area contributed by atoms with Gasteiger partial charge >= 0.3 is 5.97 Å². The Hall–Kier alpha value is -1.26. The molecule has 0 aromatic heterocycles. The minimum absolute atomic E-state index is 0.245. The van der Waals surface area contributed by atoms with E-state index in [0.29, 0.717) is 18.9 Å². The first-order chi connectivity index (χ1) is 7.24. The van der Waals surface area contributed by atoms with Crippen molar-refractivity contribution in [2.75, 3.05) is 26.7 Å². The molecule has 5 heteroatoms. The molecule has 2 N–H and O–H groups in total. The van der Waals surface area contributed by atoms with E-state index >= 15 is 0 Å². The SMILES string of the molecule is COC(=O)CCN=C(N)N1CCCCC1. The highest BCUT2D eigenvalue weighted by Crippen LogP contribution is 2.07. The molecule has 0 aromatic rings. The molecule has 0 saturated carbocycles. The third-order valence-corrected chi connectivity index (χ3v) is 2.50. The van der Waals surface area contributed by atoms with E-state index in [1.54, 1.807) is 0 Å². The molecular weight excluding hydrogens is 194 g/mol. The van der Waals surface area contributed by atoms with Crippen molar-refractivity contribution in [2.24, 2.45) is 10.7 Å². The van der Waals surface area contributed by atoms with Crippen LogP contribution in [0.2, 0.25) is 0 Å². The Morgan fingerprint density at radius 3 is 2.67 bits per heavy atom. The van der Waals surface area contributed by atoms with Gasteiger partial charge in [0.1, 0.15) is 0 Å². The maximum absolute atomic E-state index is 10.8. The topological polar surface area (TPSA) is 67.9 Å². The first-order valence-corrected chi connectivity index (χ1v) is 5.35. The number of likely N-dealkylation sites (tertiary alicyclic amines) is 1. The summed E-state index contributed by atoms with van der Waals surface area (Å²) in [6, 6.07) is 0. The summed E-state index contributed by atoms with van der Waals surface area (Å²) in [5.74, 6) is 0.309. The quantitative estimate of drug-likeness (QED) is 0.417. The number of hydrogen-bond donors (Lipinski definition) is 1. The minimum Gasteiger partial charge on any atom is -0.469 e. The summed E-state index contributed by atoms with van der Waals surface area (Å²) in [6.07, 6.45) is 3.91. The average Bonchev–Trinajstić information content (AvgIpc) is 2.29. The number of guanidine groups is 1. The van der Waals surface area contributed by atoms with Crippen LogP contribution in [0.15, 0.2) is 4.99 Å². The minimum atomic E-state index is -0.245. The van der Waals surface area contributed by atoms with Crippen LogP contribution < -0.4 is 5.73 Å². The summed E-state index contributed by atoms with van der Waals surface area (Å²) in [7, 11) is 1.38. The van der Waals surface area contributed by atoms with Crippen LogP contribution in [0.25, 0.3) is 0 Å². The van der Waals surface area contributed by atoms with Gasteiger partial charge in [-0.05, 0) is 19.3 Å². The van der Waals surface area contributed by atoms with E-state index in [-0.39, 0.29) is 5.97 Å². The predicted octanol–water partition coefficient (Wildman–Crippen LogP) is 0.350. The highest BCUT2D eigenvalue weighted by atomic mass is 16.5. The highest BCUT2D eigenvalue weighted by Gasteiger charge is 2.11. The number of carbonyl (C=O) groups excluding carboxylic acids is 1. The van der Waals surface area contributed by atoms with E-state index in [1.165, 1.54) is 26.4 Å². The zero-order valence-corrected chi connectivity index (χ0v) is 9.24. The van der Waals surface area contributed by atoms with E-state index in [9.17, 15) is 4.79 Å². The van der Waals surface area contributed by atoms with Gasteiger partial charge in [0.25, 0.3) is 0 Å². The summed E-state index contributed by atoms with van der Waals surface area (Å²) in [6.45, 7) is 2.37. The molecule has 1 heterocycles. The molecule has 0 amide bonds. The van der Waals surface area contributed by atoms with Crippen molar-refractivity contribution in [1.29, 1.82) is 0 Å². The molecule has 1 fully saturated rings. The average molecular weight is 213 g/mol. The van der Waals surface area contributed by atoms with Gasteiger partial charge in [0.2, 0.25) is 0 Å². The number of rotatable bonds is 3. The molecule has 1 rings (SSSR count). The standard InChI is InChI=1S/C10H19N3O2/c1-15-9(14)5-6-12-10(11)13-7-3-2-4-8-13/h2-8H2,1H3,(H2,11,12). The summed E-state index contributed by atoms with van der Waals surface area (Å²) >= 11 is 0. The van der Waals surface area contributed by atoms with Gasteiger partial charge in [0, 0.05) is 13.1 Å². The van der Waals surface area contributed by atoms with E-state index in [2.05, 4.69) is 14.6 Å². The molecule has 0 unspecified atom stereocenters. The fourth-order valence-corrected chi connectivity index (χ4v) is 1.59. The highest BCUT2D eigenvalue weighted by molar-refractivity contribution is 5.78. The smallest absolute Gasteiger partial charge is 0.307 e. The summed E-state index contributed by atoms with van der Waals surface area (Å²) < 4.78 is 4.51. The Morgan fingerprint density at radius 1 is 1.40 bits per heavy atom. The lowest BCUT2D eigenvalue weighted by atomic mass is 10.1. The van der Waals surface area contributed by atoms with E-state index in [0.717, 1.165) is 13.1 Å². The molecule has 1 saturated heterocycles. The Bertz CT molecular complexity index is 235. The Labute approximate surface area is 90.3 Å². The molecule has 1 aliphatic rings. The number of nitrogens with zero attached hydrogens (tertiary/aromatic N) is 2. The third kappa shape index (κ3) is 4.18. The van der Waals surface area contributed by atoms with Gasteiger partial charge in [-0.1, -0.05) is 0 Å². The molecule has 86 valence electrons. The predicted molar refractivity (Wildman–Crippen MR) is 58.5 cm³/mol. The lowest BCUT2D eigenvalue weighted by Gasteiger charge is -2.27. The maximum Gasteiger partial charge on any atom is 0.307 e. The lowest BCUT2D eigenvalue weighted by Crippen LogP contribution is -2.41. The normalized spacial score (nSPS) is 17.7. The lowest BCUT2D eigenvalue weighted by molar-refractivity contribution is -0.140. The fraction of sp³-hybridized carbons (Fsp3) is 0.800. The van der Waals surface area contributed by atoms with Crippen molar-refractivity contribution in [3.63, 3.8) is 0 Å². The van der Waals surface area contributed by atoms with E-state index in [1.807, 2.05) is 0 Å². The Balaban J connectivity index is 2.28. The molecule has 1 aliphatic heterocycles. The van der Waals surface area contributed by atoms with Crippen LogP contribution in [-0.2, 0) is 9.53 Å². The molecule has 0 spiro atoms. The maximum atomic E-state index is 10.8. The van der Waals surface area contributed by atoms with Gasteiger partial charge < -0.3 is 15.4 Å². The summed E-state index contributed by atoms with van der Waals surface area (Å²) in [4.78, 5) is 17.0. The van der Waals surface area contributed by atoms with Crippen LogP contribution in [-0.4, -0.2) is 43.6 Å². The summed E-state index contributed by atoms with van der Waals surface area (Å²) in [5.41, 5.74) is 5.80. The fourth-order valence-electron chi connectivity index (χ4n) is 1.59. The number of methoxy groups -OCH3 is 1. The molecule has 0 aromatic carbocycles. The number of nitrogens with two attached hydrogens (primary N) is 1. The molecule has 0 atom stereocenters. The Kier molecular flexibility index (Phi) is 4.93. The first kappa shape index (κ1) is 11.8. The van der Waals surface area contributed by atoms with Crippen molar-refractivity contribution < 1.29 is 9.53 Å². The van der Waals surface area contributed by atoms with Crippen molar-refractivity contribution >= 4 is 11.9 Å². The van der Waals surface area contributed by atoms with Gasteiger partial charge in [0.05, 0.1) is 20.1 Å². The second-order valence-electron chi connectivity index (χ2n) is 3.61. The van der Waals surface area contributed by atoms with Crippen LogP contribution in [0, 0.1) is 0 Å². The van der Waals surface area contributed by atoms with Crippen molar-refractivity contribution in [3.8, 4) is 0 Å². The molecular formula is C10H19N3O2. The zero-order chi connectivity index (χ0) is 11.1. The van der Waals surface area contributed by atoms with Crippen LogP contribution in [0.3, 0.4) is 0 Å². The zero-order valence-electron chi connectivity index (χ0n) is 9.24. The van der Waals surface area contributed by atoms with Crippen LogP contribution in [0.5, 0.6) is 0 Å². The van der Waals surface area contributed by atoms with Gasteiger partial charge in [-0.25, -0.2) is 0 Å². The van der Waals surface area contributed by atoms with E-state index < -0.39 is 0 Å². The van der Waals surface area contributed by atoms with Crippen LogP contribution >= 0.6 is 0 Å². The van der Waals surface area contributed by atoms with Gasteiger partial charge in [-0.15, -0.1) is 0 Å². The second-order valence-corrected chi connectivity index (χ2v) is 3.61. The van der Waals surface area contributed by atoms with Crippen molar-refractivity contribution in [1.82, 2.24) is 4.90 Å². The number of piperidine rings is 1. The van der Waals surface area contributed by atoms with Gasteiger partial charge in [-0.2, -0.15) is 0 Å². The van der Waals surface area contributed by atoms with Crippen molar-refractivity contribution in [2.45, 2.75) is 25.7 Å². The van der Waals surface area contributed by atoms with Gasteiger partial charge in [-0.3, -0.25) is 9.79 Å². The number of esters is 1. The molecule has 0 bridgehead atoms. The first-order valence-electron chi connectivity index (χ1n) is 5.35. The number of ether oxygens (including phenoxy) is 1. The number of carbonyl (C=O) groups is 1. The van der Waals surface area contributed by atoms with Crippen LogP contribution in [0.4, 0.5) is 0 Å². The Morgan fingerprint density at radius 2 is 2.07 bits per heavy atom. The number of hydrogen-bond acceptors (Lipinski definition) is 3. The van der Waals surface area contributed by atoms with Crippen LogP contribution in [0.1, 0.15) is 25.7 Å². The van der Waals surface area contributed by atoms with E-state index in [4.69, 9.17) is 5.73 Å². The molecule has 5 nitrogen and oxygen atoms in total. The third-order valence-electron chi connectivity index (χ3n) is 2.50. The largest absolute Gasteiger partial charge is 0.469 e. The summed E-state index contributed by atoms with van der Waals surface area (Å²) in [5, 5.41) is 0. The molecule has 0 aliphatic carbocycles.